The van der Waals surface area contributed by atoms with E-state index in [0.29, 0.717) is 11.5 Å². The van der Waals surface area contributed by atoms with Crippen molar-refractivity contribution in [2.45, 2.75) is 46.6 Å². The fourth-order valence-corrected chi connectivity index (χ4v) is 1.34. The summed E-state index contributed by atoms with van der Waals surface area (Å²) in [6, 6.07) is 0.574. The molecule has 0 aliphatic heterocycles. The van der Waals surface area contributed by atoms with Crippen molar-refractivity contribution in [3.63, 3.8) is 0 Å². The minimum Gasteiger partial charge on any atom is -0.313 e. The Labute approximate surface area is 77.2 Å². The van der Waals surface area contributed by atoms with E-state index in [1.807, 2.05) is 6.08 Å². The molecule has 0 rings (SSSR count). The molecule has 0 radical (unpaired) electrons. The van der Waals surface area contributed by atoms with Crippen LogP contribution >= 0.6 is 0 Å². The number of hydrogen-bond donors (Lipinski definition) is 1. The van der Waals surface area contributed by atoms with Gasteiger partial charge in [0.05, 0.1) is 0 Å². The summed E-state index contributed by atoms with van der Waals surface area (Å²) in [5, 5.41) is 3.50. The average Bonchev–Trinajstić information content (AvgIpc) is 2.04. The highest BCUT2D eigenvalue weighted by atomic mass is 14.9. The van der Waals surface area contributed by atoms with E-state index >= 15 is 0 Å². The van der Waals surface area contributed by atoms with Gasteiger partial charge in [0.1, 0.15) is 0 Å². The molecule has 1 nitrogen and oxygen atoms in total. The monoisotopic (exact) mass is 169 g/mol. The van der Waals surface area contributed by atoms with Crippen molar-refractivity contribution in [3.05, 3.63) is 12.7 Å². The standard InChI is InChI=1S/C11H23N/c1-6-9-10(12-8-3)11(4,5)7-2/h6,10,12H,1,7-9H2,2-5H3. The van der Waals surface area contributed by atoms with Gasteiger partial charge < -0.3 is 5.32 Å². The van der Waals surface area contributed by atoms with E-state index in [0.717, 1.165) is 13.0 Å². The Hall–Kier alpha value is -0.300. The Kier molecular flexibility index (Phi) is 5.23. The van der Waals surface area contributed by atoms with E-state index in [2.05, 4.69) is 39.6 Å². The third-order valence-corrected chi connectivity index (χ3v) is 2.71. The Balaban J connectivity index is 4.15. The molecule has 1 unspecified atom stereocenters. The maximum Gasteiger partial charge on any atom is 0.0152 e. The highest BCUT2D eigenvalue weighted by Crippen LogP contribution is 2.26. The smallest absolute Gasteiger partial charge is 0.0152 e. The van der Waals surface area contributed by atoms with Crippen LogP contribution in [-0.4, -0.2) is 12.6 Å². The summed E-state index contributed by atoms with van der Waals surface area (Å²) in [6.07, 6.45) is 4.28. The summed E-state index contributed by atoms with van der Waals surface area (Å²) in [5.74, 6) is 0. The van der Waals surface area contributed by atoms with Crippen LogP contribution in [0.15, 0.2) is 12.7 Å². The second kappa shape index (κ2) is 5.36. The van der Waals surface area contributed by atoms with Crippen LogP contribution in [0.4, 0.5) is 0 Å². The largest absolute Gasteiger partial charge is 0.313 e. The third-order valence-electron chi connectivity index (χ3n) is 2.71. The van der Waals surface area contributed by atoms with E-state index in [4.69, 9.17) is 0 Å². The maximum absolute atomic E-state index is 3.79. The van der Waals surface area contributed by atoms with Crippen LogP contribution in [0.5, 0.6) is 0 Å². The summed E-state index contributed by atoms with van der Waals surface area (Å²) < 4.78 is 0. The first-order valence-corrected chi connectivity index (χ1v) is 4.92. The molecule has 0 heterocycles. The van der Waals surface area contributed by atoms with Crippen molar-refractivity contribution in [2.75, 3.05) is 6.54 Å². The SMILES string of the molecule is C=CCC(NCC)C(C)(C)CC. The van der Waals surface area contributed by atoms with E-state index in [1.165, 1.54) is 6.42 Å². The molecule has 0 aromatic heterocycles. The van der Waals surface area contributed by atoms with Crippen molar-refractivity contribution in [1.82, 2.24) is 5.32 Å². The van der Waals surface area contributed by atoms with Crippen LogP contribution in [0.1, 0.15) is 40.5 Å². The molecule has 0 aliphatic carbocycles. The van der Waals surface area contributed by atoms with E-state index in [-0.39, 0.29) is 0 Å². The topological polar surface area (TPSA) is 12.0 Å². The quantitative estimate of drug-likeness (QED) is 0.603. The van der Waals surface area contributed by atoms with Gasteiger partial charge in [-0.2, -0.15) is 0 Å². The molecule has 1 N–H and O–H groups in total. The van der Waals surface area contributed by atoms with Gasteiger partial charge in [0.25, 0.3) is 0 Å². The van der Waals surface area contributed by atoms with Crippen LogP contribution in [0.3, 0.4) is 0 Å². The van der Waals surface area contributed by atoms with Gasteiger partial charge >= 0.3 is 0 Å². The first-order chi connectivity index (χ1) is 5.58. The molecule has 0 aromatic carbocycles. The van der Waals surface area contributed by atoms with Gasteiger partial charge in [-0.25, -0.2) is 0 Å². The summed E-state index contributed by atoms with van der Waals surface area (Å²) in [7, 11) is 0. The lowest BCUT2D eigenvalue weighted by Crippen LogP contribution is -2.41. The zero-order valence-electron chi connectivity index (χ0n) is 8.98. The van der Waals surface area contributed by atoms with Crippen LogP contribution in [0.2, 0.25) is 0 Å². The zero-order valence-corrected chi connectivity index (χ0v) is 8.98. The van der Waals surface area contributed by atoms with Gasteiger partial charge in [0, 0.05) is 6.04 Å². The van der Waals surface area contributed by atoms with Crippen molar-refractivity contribution >= 4 is 0 Å². The predicted molar refractivity (Wildman–Crippen MR) is 56.4 cm³/mol. The highest BCUT2D eigenvalue weighted by Gasteiger charge is 2.25. The maximum atomic E-state index is 3.79. The molecule has 12 heavy (non-hydrogen) atoms. The van der Waals surface area contributed by atoms with Gasteiger partial charge in [-0.3, -0.25) is 0 Å². The molecule has 0 spiro atoms. The van der Waals surface area contributed by atoms with E-state index < -0.39 is 0 Å². The van der Waals surface area contributed by atoms with E-state index in [9.17, 15) is 0 Å². The summed E-state index contributed by atoms with van der Waals surface area (Å²) in [5.41, 5.74) is 0.379. The first-order valence-electron chi connectivity index (χ1n) is 4.92. The molecule has 0 amide bonds. The summed E-state index contributed by atoms with van der Waals surface area (Å²) >= 11 is 0. The normalized spacial score (nSPS) is 14.3. The average molecular weight is 169 g/mol. The van der Waals surface area contributed by atoms with Crippen LogP contribution in [0.25, 0.3) is 0 Å². The third kappa shape index (κ3) is 3.40. The number of nitrogens with one attached hydrogen (secondary N) is 1. The number of hydrogen-bond acceptors (Lipinski definition) is 1. The van der Waals surface area contributed by atoms with Gasteiger partial charge in [-0.15, -0.1) is 6.58 Å². The molecular formula is C11H23N. The summed E-state index contributed by atoms with van der Waals surface area (Å²) in [6.45, 7) is 13.9. The summed E-state index contributed by atoms with van der Waals surface area (Å²) in [4.78, 5) is 0. The Bertz CT molecular complexity index is 127. The van der Waals surface area contributed by atoms with Crippen molar-refractivity contribution in [2.24, 2.45) is 5.41 Å². The second-order valence-electron chi connectivity index (χ2n) is 3.98. The van der Waals surface area contributed by atoms with Crippen molar-refractivity contribution in [1.29, 1.82) is 0 Å². The molecule has 0 fully saturated rings. The Morgan fingerprint density at radius 3 is 2.33 bits per heavy atom. The van der Waals surface area contributed by atoms with Gasteiger partial charge in [-0.1, -0.05) is 33.8 Å². The van der Waals surface area contributed by atoms with Crippen LogP contribution < -0.4 is 5.32 Å². The first kappa shape index (κ1) is 11.7. The van der Waals surface area contributed by atoms with Gasteiger partial charge in [-0.05, 0) is 24.8 Å². The predicted octanol–water partition coefficient (Wildman–Crippen LogP) is 2.98. The van der Waals surface area contributed by atoms with Crippen molar-refractivity contribution < 1.29 is 0 Å². The molecule has 0 aliphatic rings. The fraction of sp³-hybridized carbons (Fsp3) is 0.818. The van der Waals surface area contributed by atoms with Gasteiger partial charge in [0.2, 0.25) is 0 Å². The van der Waals surface area contributed by atoms with Crippen LogP contribution in [-0.2, 0) is 0 Å². The van der Waals surface area contributed by atoms with Gasteiger partial charge in [0.15, 0.2) is 0 Å². The lowest BCUT2D eigenvalue weighted by atomic mass is 9.80. The Morgan fingerprint density at radius 1 is 1.42 bits per heavy atom. The van der Waals surface area contributed by atoms with Crippen LogP contribution in [0, 0.1) is 5.41 Å². The molecule has 0 bridgehead atoms. The molecular weight excluding hydrogens is 146 g/mol. The molecule has 0 saturated carbocycles. The molecule has 1 heteroatoms. The lowest BCUT2D eigenvalue weighted by molar-refractivity contribution is 0.235. The molecule has 72 valence electrons. The molecule has 1 atom stereocenters. The Morgan fingerprint density at radius 2 is 2.00 bits per heavy atom. The highest BCUT2D eigenvalue weighted by molar-refractivity contribution is 4.88. The zero-order chi connectivity index (χ0) is 9.61. The minimum atomic E-state index is 0.379. The molecule has 0 saturated heterocycles. The van der Waals surface area contributed by atoms with Crippen molar-refractivity contribution in [3.8, 4) is 0 Å². The molecule has 0 aromatic rings. The minimum absolute atomic E-state index is 0.379. The fourth-order valence-electron chi connectivity index (χ4n) is 1.34. The second-order valence-corrected chi connectivity index (χ2v) is 3.98. The number of rotatable bonds is 6. The lowest BCUT2D eigenvalue weighted by Gasteiger charge is -2.33. The van der Waals surface area contributed by atoms with E-state index in [1.54, 1.807) is 0 Å².